The SMILES string of the molecule is CC(C)(C)OC(=O)N1CCCc2cc(-c3cc(N)on3)ccc21. The second-order valence-corrected chi connectivity index (χ2v) is 6.69. The summed E-state index contributed by atoms with van der Waals surface area (Å²) >= 11 is 0. The number of benzene rings is 1. The van der Waals surface area contributed by atoms with E-state index < -0.39 is 5.60 Å². The van der Waals surface area contributed by atoms with Crippen molar-refractivity contribution in [3.8, 4) is 11.3 Å². The fourth-order valence-electron chi connectivity index (χ4n) is 2.69. The van der Waals surface area contributed by atoms with Crippen molar-refractivity contribution < 1.29 is 14.1 Å². The Hall–Kier alpha value is -2.50. The van der Waals surface area contributed by atoms with Crippen LogP contribution in [0, 0.1) is 0 Å². The molecule has 1 amide bonds. The quantitative estimate of drug-likeness (QED) is 0.869. The predicted octanol–water partition coefficient (Wildman–Crippen LogP) is 3.61. The topological polar surface area (TPSA) is 81.6 Å². The number of carbonyl (C=O) groups excluding carboxylic acids is 1. The van der Waals surface area contributed by atoms with Gasteiger partial charge in [-0.1, -0.05) is 11.2 Å². The third-order valence-corrected chi connectivity index (χ3v) is 3.64. The summed E-state index contributed by atoms with van der Waals surface area (Å²) in [5.74, 6) is 0.285. The Morgan fingerprint density at radius 2 is 2.13 bits per heavy atom. The lowest BCUT2D eigenvalue weighted by Gasteiger charge is -2.31. The number of nitrogens with two attached hydrogens (primary N) is 1. The fourth-order valence-corrected chi connectivity index (χ4v) is 2.69. The first kappa shape index (κ1) is 15.4. The van der Waals surface area contributed by atoms with Crippen LogP contribution < -0.4 is 10.6 Å². The Balaban J connectivity index is 1.90. The van der Waals surface area contributed by atoms with Gasteiger partial charge in [0.05, 0.1) is 5.69 Å². The molecule has 23 heavy (non-hydrogen) atoms. The Labute approximate surface area is 135 Å². The van der Waals surface area contributed by atoms with Crippen LogP contribution in [0.5, 0.6) is 0 Å². The monoisotopic (exact) mass is 315 g/mol. The number of amides is 1. The number of anilines is 2. The summed E-state index contributed by atoms with van der Waals surface area (Å²) in [5.41, 5.74) is 8.68. The van der Waals surface area contributed by atoms with E-state index in [0.29, 0.717) is 12.2 Å². The molecule has 1 aliphatic heterocycles. The van der Waals surface area contributed by atoms with Gasteiger partial charge >= 0.3 is 6.09 Å². The molecule has 2 N–H and O–H groups in total. The number of rotatable bonds is 1. The Kier molecular flexibility index (Phi) is 3.75. The van der Waals surface area contributed by atoms with Crippen molar-refractivity contribution in [3.63, 3.8) is 0 Å². The molecule has 0 saturated heterocycles. The van der Waals surface area contributed by atoms with Gasteiger partial charge in [-0.2, -0.15) is 0 Å². The molecule has 0 aliphatic carbocycles. The van der Waals surface area contributed by atoms with Gasteiger partial charge in [-0.3, -0.25) is 4.90 Å². The highest BCUT2D eigenvalue weighted by molar-refractivity contribution is 5.90. The van der Waals surface area contributed by atoms with Gasteiger partial charge in [0.2, 0.25) is 5.88 Å². The summed E-state index contributed by atoms with van der Waals surface area (Å²) in [4.78, 5) is 14.1. The molecule has 0 radical (unpaired) electrons. The van der Waals surface area contributed by atoms with Gasteiger partial charge in [-0.25, -0.2) is 4.79 Å². The van der Waals surface area contributed by atoms with Crippen molar-refractivity contribution in [1.29, 1.82) is 0 Å². The first-order chi connectivity index (χ1) is 10.8. The first-order valence-corrected chi connectivity index (χ1v) is 7.69. The third kappa shape index (κ3) is 3.31. The minimum absolute atomic E-state index is 0.285. The summed E-state index contributed by atoms with van der Waals surface area (Å²) < 4.78 is 10.4. The molecule has 0 spiro atoms. The standard InChI is InChI=1S/C17H21N3O3/c1-17(2,3)22-16(21)20-8-4-5-12-9-11(6-7-14(12)20)13-10-15(18)23-19-13/h6-7,9-10H,4-5,8,18H2,1-3H3. The van der Waals surface area contributed by atoms with Crippen molar-refractivity contribution >= 4 is 17.7 Å². The molecule has 1 aromatic heterocycles. The van der Waals surface area contributed by atoms with Gasteiger partial charge in [0, 0.05) is 18.2 Å². The lowest BCUT2D eigenvalue weighted by molar-refractivity contribution is 0.0578. The third-order valence-electron chi connectivity index (χ3n) is 3.64. The average molecular weight is 315 g/mol. The Bertz CT molecular complexity index is 731. The van der Waals surface area contributed by atoms with E-state index in [4.69, 9.17) is 15.0 Å². The Morgan fingerprint density at radius 3 is 2.78 bits per heavy atom. The van der Waals surface area contributed by atoms with Crippen molar-refractivity contribution in [2.75, 3.05) is 17.2 Å². The molecule has 2 aromatic rings. The van der Waals surface area contributed by atoms with E-state index in [-0.39, 0.29) is 12.0 Å². The van der Waals surface area contributed by atoms with E-state index in [2.05, 4.69) is 5.16 Å². The van der Waals surface area contributed by atoms with E-state index in [9.17, 15) is 4.79 Å². The van der Waals surface area contributed by atoms with Gasteiger partial charge < -0.3 is 15.0 Å². The molecule has 0 bridgehead atoms. The lowest BCUT2D eigenvalue weighted by atomic mass is 9.98. The fraction of sp³-hybridized carbons (Fsp3) is 0.412. The molecule has 3 rings (SSSR count). The second-order valence-electron chi connectivity index (χ2n) is 6.69. The molecule has 0 atom stereocenters. The van der Waals surface area contributed by atoms with E-state index in [1.54, 1.807) is 11.0 Å². The smallest absolute Gasteiger partial charge is 0.414 e. The zero-order chi connectivity index (χ0) is 16.6. The van der Waals surface area contributed by atoms with E-state index in [1.807, 2.05) is 39.0 Å². The largest absolute Gasteiger partial charge is 0.443 e. The number of fused-ring (bicyclic) bond motifs is 1. The van der Waals surface area contributed by atoms with Crippen LogP contribution in [0.1, 0.15) is 32.8 Å². The molecule has 0 saturated carbocycles. The molecular weight excluding hydrogens is 294 g/mol. The van der Waals surface area contributed by atoms with Crippen LogP contribution in [0.2, 0.25) is 0 Å². The number of nitrogen functional groups attached to an aromatic ring is 1. The van der Waals surface area contributed by atoms with Crippen LogP contribution in [-0.2, 0) is 11.2 Å². The molecular formula is C17H21N3O3. The molecule has 0 unspecified atom stereocenters. The minimum atomic E-state index is -0.507. The minimum Gasteiger partial charge on any atom is -0.443 e. The summed E-state index contributed by atoms with van der Waals surface area (Å²) in [6, 6.07) is 7.57. The number of aromatic nitrogens is 1. The second kappa shape index (κ2) is 5.61. The van der Waals surface area contributed by atoms with Gasteiger partial charge in [0.1, 0.15) is 11.3 Å². The molecule has 2 heterocycles. The van der Waals surface area contributed by atoms with Crippen LogP contribution >= 0.6 is 0 Å². The summed E-state index contributed by atoms with van der Waals surface area (Å²) in [6.07, 6.45) is 1.50. The number of hydrogen-bond donors (Lipinski definition) is 1. The van der Waals surface area contributed by atoms with Crippen molar-refractivity contribution in [2.45, 2.75) is 39.2 Å². The van der Waals surface area contributed by atoms with E-state index >= 15 is 0 Å². The highest BCUT2D eigenvalue weighted by Crippen LogP contribution is 2.32. The number of nitrogens with zero attached hydrogens (tertiary/aromatic N) is 2. The van der Waals surface area contributed by atoms with Crippen molar-refractivity contribution in [3.05, 3.63) is 29.8 Å². The summed E-state index contributed by atoms with van der Waals surface area (Å²) in [6.45, 7) is 6.27. The highest BCUT2D eigenvalue weighted by atomic mass is 16.6. The normalized spacial score (nSPS) is 14.5. The number of ether oxygens (including phenoxy) is 1. The predicted molar refractivity (Wildman–Crippen MR) is 88.3 cm³/mol. The van der Waals surface area contributed by atoms with Crippen molar-refractivity contribution in [1.82, 2.24) is 5.16 Å². The van der Waals surface area contributed by atoms with E-state index in [1.165, 1.54) is 0 Å². The molecule has 6 heteroatoms. The van der Waals surface area contributed by atoms with Crippen LogP contribution in [-0.4, -0.2) is 23.4 Å². The van der Waals surface area contributed by atoms with Gasteiger partial charge in [0.25, 0.3) is 0 Å². The number of hydrogen-bond acceptors (Lipinski definition) is 5. The van der Waals surface area contributed by atoms with Gasteiger partial charge in [-0.05, 0) is 51.3 Å². The van der Waals surface area contributed by atoms with Crippen molar-refractivity contribution in [2.24, 2.45) is 0 Å². The number of carbonyl (C=O) groups is 1. The molecule has 0 fully saturated rings. The zero-order valence-corrected chi connectivity index (χ0v) is 13.6. The van der Waals surface area contributed by atoms with Crippen LogP contribution in [0.4, 0.5) is 16.4 Å². The van der Waals surface area contributed by atoms with E-state index in [0.717, 1.165) is 29.7 Å². The maximum absolute atomic E-state index is 12.4. The molecule has 6 nitrogen and oxygen atoms in total. The molecule has 1 aliphatic rings. The van der Waals surface area contributed by atoms with Gasteiger partial charge in [-0.15, -0.1) is 0 Å². The number of aryl methyl sites for hydroxylation is 1. The van der Waals surface area contributed by atoms with Crippen LogP contribution in [0.3, 0.4) is 0 Å². The average Bonchev–Trinajstić information content (AvgIpc) is 2.91. The summed E-state index contributed by atoms with van der Waals surface area (Å²) in [5, 5.41) is 3.93. The van der Waals surface area contributed by atoms with Crippen LogP contribution in [0.25, 0.3) is 11.3 Å². The van der Waals surface area contributed by atoms with Crippen LogP contribution in [0.15, 0.2) is 28.8 Å². The molecule has 122 valence electrons. The Morgan fingerprint density at radius 1 is 1.35 bits per heavy atom. The zero-order valence-electron chi connectivity index (χ0n) is 13.6. The maximum Gasteiger partial charge on any atom is 0.414 e. The van der Waals surface area contributed by atoms with Gasteiger partial charge in [0.15, 0.2) is 0 Å². The highest BCUT2D eigenvalue weighted by Gasteiger charge is 2.27. The maximum atomic E-state index is 12.4. The molecule has 1 aromatic carbocycles. The summed E-state index contributed by atoms with van der Waals surface area (Å²) in [7, 11) is 0. The lowest BCUT2D eigenvalue weighted by Crippen LogP contribution is -2.39. The first-order valence-electron chi connectivity index (χ1n) is 7.69.